The van der Waals surface area contributed by atoms with Gasteiger partial charge in [0.1, 0.15) is 6.61 Å². The molecule has 0 saturated heterocycles. The normalized spacial score (nSPS) is 13.2. The quantitative estimate of drug-likeness (QED) is 0.0278. The number of phosphoric ester groups is 1. The van der Waals surface area contributed by atoms with E-state index in [2.05, 4.69) is 38.2 Å². The van der Waals surface area contributed by atoms with Crippen LogP contribution >= 0.6 is 7.82 Å². The van der Waals surface area contributed by atoms with Crippen LogP contribution in [0, 0.1) is 0 Å². The minimum absolute atomic E-state index is 0.00201. The summed E-state index contributed by atoms with van der Waals surface area (Å²) in [5.74, 6) is -0.785. The second-order valence-electron chi connectivity index (χ2n) is 18.6. The van der Waals surface area contributed by atoms with Crippen LogP contribution in [-0.2, 0) is 32.7 Å². The zero-order valence-electron chi connectivity index (χ0n) is 42.5. The second-order valence-corrected chi connectivity index (χ2v) is 20.1. The Morgan fingerprint density at radius 1 is 0.422 bits per heavy atom. The van der Waals surface area contributed by atoms with E-state index in [0.29, 0.717) is 12.8 Å². The molecule has 1 N–H and O–H groups in total. The molecular formula is C55H105O8P. The van der Waals surface area contributed by atoms with Crippen LogP contribution in [0.15, 0.2) is 24.3 Å². The molecule has 0 aliphatic rings. The van der Waals surface area contributed by atoms with Gasteiger partial charge in [-0.05, 0) is 51.9 Å². The van der Waals surface area contributed by atoms with Crippen molar-refractivity contribution in [2.24, 2.45) is 0 Å². The first kappa shape index (κ1) is 62.5. The third-order valence-corrected chi connectivity index (χ3v) is 13.3. The summed E-state index contributed by atoms with van der Waals surface area (Å²) in [7, 11) is -4.29. The molecule has 2 atom stereocenters. The molecule has 0 aromatic heterocycles. The molecule has 0 fully saturated rings. The smallest absolute Gasteiger partial charge is 0.462 e. The van der Waals surface area contributed by atoms with E-state index >= 15 is 0 Å². The predicted octanol–water partition coefficient (Wildman–Crippen LogP) is 18.1. The summed E-state index contributed by atoms with van der Waals surface area (Å²) in [5.41, 5.74) is 0. The Morgan fingerprint density at radius 3 is 1.11 bits per heavy atom. The van der Waals surface area contributed by atoms with Crippen LogP contribution in [0.3, 0.4) is 0 Å². The largest absolute Gasteiger partial charge is 0.472 e. The van der Waals surface area contributed by atoms with Crippen molar-refractivity contribution in [3.05, 3.63) is 24.3 Å². The maximum atomic E-state index is 12.6. The van der Waals surface area contributed by atoms with E-state index < -0.39 is 19.9 Å². The monoisotopic (exact) mass is 925 g/mol. The molecule has 0 spiro atoms. The number of hydrogen-bond acceptors (Lipinski definition) is 7. The van der Waals surface area contributed by atoms with E-state index in [1.165, 1.54) is 205 Å². The molecule has 8 nitrogen and oxygen atoms in total. The summed E-state index contributed by atoms with van der Waals surface area (Å²) in [6.07, 6.45) is 59.6. The number of allylic oxidation sites excluding steroid dienone is 4. The lowest BCUT2D eigenvalue weighted by molar-refractivity contribution is -0.161. The van der Waals surface area contributed by atoms with Gasteiger partial charge in [-0.1, -0.05) is 250 Å². The Hall–Kier alpha value is -1.47. The molecule has 0 aliphatic heterocycles. The van der Waals surface area contributed by atoms with Gasteiger partial charge in [-0.2, -0.15) is 0 Å². The van der Waals surface area contributed by atoms with Crippen LogP contribution in [0.5, 0.6) is 0 Å². The van der Waals surface area contributed by atoms with E-state index in [1.807, 2.05) is 0 Å². The fourth-order valence-corrected chi connectivity index (χ4v) is 8.95. The van der Waals surface area contributed by atoms with Crippen LogP contribution in [0.25, 0.3) is 0 Å². The number of unbranched alkanes of at least 4 members (excludes halogenated alkanes) is 36. The highest BCUT2D eigenvalue weighted by Gasteiger charge is 2.25. The molecule has 9 heteroatoms. The molecular weight excluding hydrogens is 820 g/mol. The number of carbonyl (C=O) groups is 2. The van der Waals surface area contributed by atoms with Crippen molar-refractivity contribution in [3.8, 4) is 0 Å². The summed E-state index contributed by atoms with van der Waals surface area (Å²) in [5, 5.41) is 0. The van der Waals surface area contributed by atoms with E-state index in [1.54, 1.807) is 6.92 Å². The standard InChI is InChI=1S/C55H105O8P/c1-4-7-9-11-13-15-17-19-21-23-25-27-28-30-31-33-35-37-39-41-43-45-47-49-54(56)60-51-53(52-62-64(58,59)61-6-3)63-55(57)50-48-46-44-42-40-38-36-34-32-29-26-24-22-20-18-16-14-12-10-8-5-2/h18,20,24,26,53H,4-17,19,21-23,25,27-52H2,1-3H3,(H,58,59)/b20-18-,26-24-. The number of ether oxygens (including phenoxy) is 2. The van der Waals surface area contributed by atoms with Crippen molar-refractivity contribution in [2.75, 3.05) is 19.8 Å². The van der Waals surface area contributed by atoms with Gasteiger partial charge in [-0.15, -0.1) is 0 Å². The highest BCUT2D eigenvalue weighted by molar-refractivity contribution is 7.47. The van der Waals surface area contributed by atoms with Crippen molar-refractivity contribution >= 4 is 19.8 Å². The van der Waals surface area contributed by atoms with Crippen LogP contribution in [0.2, 0.25) is 0 Å². The zero-order valence-corrected chi connectivity index (χ0v) is 43.4. The second kappa shape index (κ2) is 50.9. The average molecular weight is 925 g/mol. The molecule has 2 unspecified atom stereocenters. The van der Waals surface area contributed by atoms with Gasteiger partial charge in [-0.3, -0.25) is 18.6 Å². The van der Waals surface area contributed by atoms with Gasteiger partial charge in [0.05, 0.1) is 13.2 Å². The third-order valence-electron chi connectivity index (χ3n) is 12.3. The minimum atomic E-state index is -4.29. The van der Waals surface area contributed by atoms with Crippen LogP contribution in [0.1, 0.15) is 290 Å². The third kappa shape index (κ3) is 50.0. The Bertz CT molecular complexity index is 1090. The summed E-state index contributed by atoms with van der Waals surface area (Å²) in [6, 6.07) is 0. The molecule has 0 aromatic carbocycles. The summed E-state index contributed by atoms with van der Waals surface area (Å²) in [4.78, 5) is 35.0. The van der Waals surface area contributed by atoms with Crippen LogP contribution in [0.4, 0.5) is 0 Å². The Labute approximate surface area is 396 Å². The van der Waals surface area contributed by atoms with E-state index in [4.69, 9.17) is 18.5 Å². The number of phosphoric acid groups is 1. The zero-order chi connectivity index (χ0) is 46.7. The van der Waals surface area contributed by atoms with Crippen molar-refractivity contribution in [2.45, 2.75) is 297 Å². The molecule has 0 rings (SSSR count). The SMILES string of the molecule is CCCCCCC/C=C\C/C=C\CCCCCCCCCCCC(=O)OC(COC(=O)CCCCCCCCCCCCCCCCCCCCCCCCC)COP(=O)(O)OCC. The van der Waals surface area contributed by atoms with Gasteiger partial charge in [-0.25, -0.2) is 4.57 Å². The summed E-state index contributed by atoms with van der Waals surface area (Å²) >= 11 is 0. The molecule has 64 heavy (non-hydrogen) atoms. The molecule has 0 amide bonds. The fraction of sp³-hybridized carbons (Fsp3) is 0.891. The lowest BCUT2D eigenvalue weighted by atomic mass is 10.0. The first-order valence-corrected chi connectivity index (χ1v) is 29.1. The molecule has 0 radical (unpaired) electrons. The lowest BCUT2D eigenvalue weighted by Gasteiger charge is -2.19. The van der Waals surface area contributed by atoms with E-state index in [9.17, 15) is 19.0 Å². The maximum Gasteiger partial charge on any atom is 0.472 e. The molecule has 0 saturated carbocycles. The van der Waals surface area contributed by atoms with Gasteiger partial charge in [0, 0.05) is 12.8 Å². The molecule has 0 aromatic rings. The van der Waals surface area contributed by atoms with Crippen LogP contribution in [-0.4, -0.2) is 42.8 Å². The summed E-state index contributed by atoms with van der Waals surface area (Å²) < 4.78 is 32.9. The van der Waals surface area contributed by atoms with Crippen molar-refractivity contribution in [1.82, 2.24) is 0 Å². The van der Waals surface area contributed by atoms with Crippen molar-refractivity contribution in [1.29, 1.82) is 0 Å². The highest BCUT2D eigenvalue weighted by Crippen LogP contribution is 2.43. The average Bonchev–Trinajstić information content (AvgIpc) is 3.28. The topological polar surface area (TPSA) is 108 Å². The fourth-order valence-electron chi connectivity index (χ4n) is 8.19. The predicted molar refractivity (Wildman–Crippen MR) is 272 cm³/mol. The van der Waals surface area contributed by atoms with Crippen LogP contribution < -0.4 is 0 Å². The first-order chi connectivity index (χ1) is 31.3. The van der Waals surface area contributed by atoms with Gasteiger partial charge < -0.3 is 14.4 Å². The molecule has 0 aliphatic carbocycles. The minimum Gasteiger partial charge on any atom is -0.462 e. The van der Waals surface area contributed by atoms with E-state index in [0.717, 1.165) is 44.9 Å². The first-order valence-electron chi connectivity index (χ1n) is 27.6. The maximum absolute atomic E-state index is 12.6. The highest BCUT2D eigenvalue weighted by atomic mass is 31.2. The Kier molecular flexibility index (Phi) is 49.8. The van der Waals surface area contributed by atoms with Gasteiger partial charge >= 0.3 is 19.8 Å². The number of rotatable bonds is 52. The Morgan fingerprint density at radius 2 is 0.750 bits per heavy atom. The van der Waals surface area contributed by atoms with Gasteiger partial charge in [0.2, 0.25) is 0 Å². The van der Waals surface area contributed by atoms with Crippen molar-refractivity contribution in [3.63, 3.8) is 0 Å². The van der Waals surface area contributed by atoms with Gasteiger partial charge in [0.25, 0.3) is 0 Å². The molecule has 0 bridgehead atoms. The van der Waals surface area contributed by atoms with Crippen molar-refractivity contribution < 1.29 is 37.6 Å². The molecule has 0 heterocycles. The van der Waals surface area contributed by atoms with Gasteiger partial charge in [0.15, 0.2) is 6.10 Å². The number of carbonyl (C=O) groups excluding carboxylic acids is 2. The Balaban J connectivity index is 3.91. The van der Waals surface area contributed by atoms with E-state index in [-0.39, 0.29) is 32.2 Å². The molecule has 378 valence electrons. The number of hydrogen-bond donors (Lipinski definition) is 1. The summed E-state index contributed by atoms with van der Waals surface area (Å²) in [6.45, 7) is 5.53. The number of esters is 2. The lowest BCUT2D eigenvalue weighted by Crippen LogP contribution is -2.29.